The standard InChI is InChI=1S/C26H32N2O3/c1-17-15-22-23(16-18(17)2)31-26(30-22)21-11-7-13-25(26,14-8-12-21)28-24(29)27-19(3)20-9-5-4-6-10-20/h4-6,9-10,15-16,19,21H,7-8,11-14H2,1-3H3,(H2,27,28,29)/t19-,21?,25?/m0/s1. The highest BCUT2D eigenvalue weighted by Gasteiger charge is 2.67. The quantitative estimate of drug-likeness (QED) is 0.684. The molecule has 5 heteroatoms. The predicted molar refractivity (Wildman–Crippen MR) is 120 cm³/mol. The van der Waals surface area contributed by atoms with E-state index in [1.54, 1.807) is 0 Å². The van der Waals surface area contributed by atoms with Gasteiger partial charge in [0.15, 0.2) is 11.5 Å². The number of benzene rings is 2. The van der Waals surface area contributed by atoms with Crippen LogP contribution in [0.1, 0.15) is 68.2 Å². The Bertz CT molecular complexity index is 947. The van der Waals surface area contributed by atoms with Gasteiger partial charge in [0, 0.05) is 5.92 Å². The summed E-state index contributed by atoms with van der Waals surface area (Å²) in [5.41, 5.74) is 2.94. The van der Waals surface area contributed by atoms with E-state index in [9.17, 15) is 4.79 Å². The number of nitrogens with one attached hydrogen (secondary N) is 2. The van der Waals surface area contributed by atoms with E-state index < -0.39 is 11.3 Å². The maximum atomic E-state index is 13.2. The predicted octanol–water partition coefficient (Wildman–Crippen LogP) is 5.55. The third-order valence-corrected chi connectivity index (χ3v) is 7.60. The van der Waals surface area contributed by atoms with Crippen molar-refractivity contribution in [2.45, 2.75) is 76.7 Å². The largest absolute Gasteiger partial charge is 0.446 e. The highest BCUT2D eigenvalue weighted by atomic mass is 16.7. The SMILES string of the molecule is Cc1cc2c(cc1C)OC1(O2)C2CCCC1(NC(=O)N[C@@H](C)c1ccccc1)CCC2. The van der Waals surface area contributed by atoms with Gasteiger partial charge >= 0.3 is 6.03 Å². The van der Waals surface area contributed by atoms with Gasteiger partial charge in [-0.1, -0.05) is 43.2 Å². The van der Waals surface area contributed by atoms with Crippen LogP contribution in [0, 0.1) is 19.8 Å². The third-order valence-electron chi connectivity index (χ3n) is 7.60. The van der Waals surface area contributed by atoms with Crippen LogP contribution in [-0.2, 0) is 0 Å². The Morgan fingerprint density at radius 1 is 1.00 bits per heavy atom. The summed E-state index contributed by atoms with van der Waals surface area (Å²) in [7, 11) is 0. The molecule has 1 spiro atoms. The van der Waals surface area contributed by atoms with Crippen molar-refractivity contribution in [1.82, 2.24) is 10.6 Å². The molecule has 1 atom stereocenters. The van der Waals surface area contributed by atoms with E-state index in [0.29, 0.717) is 0 Å². The summed E-state index contributed by atoms with van der Waals surface area (Å²) < 4.78 is 13.3. The molecule has 0 radical (unpaired) electrons. The molecule has 164 valence electrons. The Labute approximate surface area is 184 Å². The van der Waals surface area contributed by atoms with Crippen LogP contribution in [0.5, 0.6) is 11.5 Å². The minimum atomic E-state index is -0.820. The molecule has 1 heterocycles. The number of fused-ring (bicyclic) bond motifs is 1. The van der Waals surface area contributed by atoms with E-state index in [1.807, 2.05) is 37.3 Å². The Hall–Kier alpha value is -2.69. The zero-order valence-electron chi connectivity index (χ0n) is 18.7. The molecular weight excluding hydrogens is 388 g/mol. The molecule has 2 aromatic carbocycles. The van der Waals surface area contributed by atoms with Gasteiger partial charge < -0.3 is 20.1 Å². The number of urea groups is 1. The zero-order valence-corrected chi connectivity index (χ0v) is 18.7. The molecule has 0 aromatic heterocycles. The summed E-state index contributed by atoms with van der Waals surface area (Å²) in [5, 5.41) is 6.49. The van der Waals surface area contributed by atoms with Crippen LogP contribution >= 0.6 is 0 Å². The molecule has 1 aliphatic heterocycles. The van der Waals surface area contributed by atoms with E-state index in [4.69, 9.17) is 9.47 Å². The number of ether oxygens (including phenoxy) is 2. The molecule has 2 fully saturated rings. The average molecular weight is 421 g/mol. The van der Waals surface area contributed by atoms with Crippen molar-refractivity contribution in [3.05, 3.63) is 59.2 Å². The van der Waals surface area contributed by atoms with Crippen molar-refractivity contribution < 1.29 is 14.3 Å². The number of hydrogen-bond acceptors (Lipinski definition) is 3. The van der Waals surface area contributed by atoms with Crippen LogP contribution in [-0.4, -0.2) is 17.4 Å². The second-order valence-electron chi connectivity index (χ2n) is 9.55. The van der Waals surface area contributed by atoms with E-state index in [2.05, 4.69) is 36.6 Å². The normalized spacial score (nSPS) is 26.4. The first kappa shape index (κ1) is 20.2. The van der Waals surface area contributed by atoms with Crippen molar-refractivity contribution in [2.75, 3.05) is 0 Å². The third kappa shape index (κ3) is 3.26. The molecule has 31 heavy (non-hydrogen) atoms. The Morgan fingerprint density at radius 3 is 2.16 bits per heavy atom. The van der Waals surface area contributed by atoms with Crippen molar-refractivity contribution in [1.29, 1.82) is 0 Å². The van der Waals surface area contributed by atoms with Crippen LogP contribution < -0.4 is 20.1 Å². The van der Waals surface area contributed by atoms with Crippen LogP contribution in [0.3, 0.4) is 0 Å². The molecule has 2 bridgehead atoms. The van der Waals surface area contributed by atoms with Gasteiger partial charge in [0.25, 0.3) is 5.79 Å². The second-order valence-corrected chi connectivity index (χ2v) is 9.55. The Kier molecular flexibility index (Phi) is 4.87. The van der Waals surface area contributed by atoms with Gasteiger partial charge in [-0.05, 0) is 75.3 Å². The summed E-state index contributed by atoms with van der Waals surface area (Å²) in [6.07, 6.45) is 6.00. The fourth-order valence-electron chi connectivity index (χ4n) is 5.81. The fraction of sp³-hybridized carbons (Fsp3) is 0.500. The number of carbonyl (C=O) groups is 1. The summed E-state index contributed by atoms with van der Waals surface area (Å²) in [6.45, 7) is 6.20. The number of hydrogen-bond donors (Lipinski definition) is 2. The first-order valence-electron chi connectivity index (χ1n) is 11.6. The topological polar surface area (TPSA) is 59.6 Å². The van der Waals surface area contributed by atoms with Gasteiger partial charge in [-0.15, -0.1) is 0 Å². The number of aryl methyl sites for hydroxylation is 2. The van der Waals surface area contributed by atoms with Gasteiger partial charge in [-0.3, -0.25) is 0 Å². The fourth-order valence-corrected chi connectivity index (χ4v) is 5.81. The lowest BCUT2D eigenvalue weighted by atomic mass is 9.62. The van der Waals surface area contributed by atoms with Crippen molar-refractivity contribution in [3.8, 4) is 11.5 Å². The van der Waals surface area contributed by atoms with E-state index in [-0.39, 0.29) is 18.0 Å². The first-order chi connectivity index (χ1) is 14.9. The van der Waals surface area contributed by atoms with Gasteiger partial charge in [0.05, 0.1) is 6.04 Å². The summed E-state index contributed by atoms with van der Waals surface area (Å²) >= 11 is 0. The lowest BCUT2D eigenvalue weighted by Crippen LogP contribution is -2.75. The maximum Gasteiger partial charge on any atom is 0.315 e. The summed E-state index contributed by atoms with van der Waals surface area (Å²) in [4.78, 5) is 13.2. The number of rotatable bonds is 3. The Balaban J connectivity index is 1.42. The van der Waals surface area contributed by atoms with E-state index in [1.165, 1.54) is 11.1 Å². The van der Waals surface area contributed by atoms with Crippen LogP contribution in [0.25, 0.3) is 0 Å². The molecule has 0 unspecified atom stereocenters. The second kappa shape index (κ2) is 7.47. The average Bonchev–Trinajstić information content (AvgIpc) is 3.08. The lowest BCUT2D eigenvalue weighted by Gasteiger charge is -2.56. The highest BCUT2D eigenvalue weighted by Crippen LogP contribution is 2.57. The molecular formula is C26H32N2O3. The first-order valence-corrected chi connectivity index (χ1v) is 11.6. The number of amides is 2. The molecule has 2 aliphatic carbocycles. The van der Waals surface area contributed by atoms with E-state index in [0.717, 1.165) is 55.6 Å². The van der Waals surface area contributed by atoms with Gasteiger partial charge in [-0.25, -0.2) is 4.79 Å². The molecule has 2 aromatic rings. The maximum absolute atomic E-state index is 13.2. The van der Waals surface area contributed by atoms with Crippen molar-refractivity contribution in [2.24, 2.45) is 5.92 Å². The van der Waals surface area contributed by atoms with Gasteiger partial charge in [-0.2, -0.15) is 0 Å². The molecule has 2 amide bonds. The highest BCUT2D eigenvalue weighted by molar-refractivity contribution is 5.75. The lowest BCUT2D eigenvalue weighted by molar-refractivity contribution is -0.222. The van der Waals surface area contributed by atoms with Crippen LogP contribution in [0.2, 0.25) is 0 Å². The van der Waals surface area contributed by atoms with Crippen molar-refractivity contribution >= 4 is 6.03 Å². The summed E-state index contributed by atoms with van der Waals surface area (Å²) in [5.74, 6) is 1.07. The van der Waals surface area contributed by atoms with Crippen LogP contribution in [0.15, 0.2) is 42.5 Å². The minimum absolute atomic E-state index is 0.0792. The number of carbonyl (C=O) groups excluding carboxylic acids is 1. The summed E-state index contributed by atoms with van der Waals surface area (Å²) in [6, 6.07) is 14.0. The smallest absolute Gasteiger partial charge is 0.315 e. The van der Waals surface area contributed by atoms with Crippen LogP contribution in [0.4, 0.5) is 4.79 Å². The monoisotopic (exact) mass is 420 g/mol. The van der Waals surface area contributed by atoms with Gasteiger partial charge in [0.2, 0.25) is 0 Å². The minimum Gasteiger partial charge on any atom is -0.446 e. The molecule has 0 saturated heterocycles. The Morgan fingerprint density at radius 2 is 1.58 bits per heavy atom. The zero-order chi connectivity index (χ0) is 21.6. The molecule has 5 rings (SSSR count). The molecule has 2 saturated carbocycles. The molecule has 2 N–H and O–H groups in total. The van der Waals surface area contributed by atoms with E-state index >= 15 is 0 Å². The van der Waals surface area contributed by atoms with Gasteiger partial charge in [0.1, 0.15) is 5.54 Å². The van der Waals surface area contributed by atoms with Crippen molar-refractivity contribution in [3.63, 3.8) is 0 Å². The molecule has 5 nitrogen and oxygen atoms in total. The molecule has 3 aliphatic rings.